The van der Waals surface area contributed by atoms with Crippen LogP contribution in [0.3, 0.4) is 0 Å². The molecule has 0 spiro atoms. The Balaban J connectivity index is 1.27. The van der Waals surface area contributed by atoms with Gasteiger partial charge in [-0.25, -0.2) is 13.2 Å². The smallest absolute Gasteiger partial charge is 0.323 e. The van der Waals surface area contributed by atoms with E-state index in [9.17, 15) is 13.2 Å². The molecule has 0 aliphatic carbocycles. The van der Waals surface area contributed by atoms with Crippen LogP contribution in [0.25, 0.3) is 11.0 Å². The molecule has 42 heavy (non-hydrogen) atoms. The normalized spacial score (nSPS) is 14.8. The monoisotopic (exact) mass is 623 g/mol. The number of urea groups is 1. The molecule has 214 valence electrons. The van der Waals surface area contributed by atoms with Crippen molar-refractivity contribution in [3.8, 4) is 0 Å². The summed E-state index contributed by atoms with van der Waals surface area (Å²) in [5.41, 5.74) is 8.33. The summed E-state index contributed by atoms with van der Waals surface area (Å²) < 4.78 is 29.5. The van der Waals surface area contributed by atoms with Crippen molar-refractivity contribution in [2.45, 2.75) is 17.4 Å². The van der Waals surface area contributed by atoms with E-state index in [-0.39, 0.29) is 39.2 Å². The molecule has 3 heterocycles. The van der Waals surface area contributed by atoms with Gasteiger partial charge in [-0.3, -0.25) is 9.40 Å². The molecule has 12 nitrogen and oxygen atoms in total. The highest BCUT2D eigenvalue weighted by Gasteiger charge is 2.34. The number of nitrogens with two attached hydrogens (primary N) is 1. The predicted octanol–water partition coefficient (Wildman–Crippen LogP) is 5.12. The van der Waals surface area contributed by atoms with Gasteiger partial charge in [0.2, 0.25) is 5.95 Å². The molecule has 2 amide bonds. The van der Waals surface area contributed by atoms with Crippen LogP contribution in [0.1, 0.15) is 5.56 Å². The number of halogens is 2. The first-order valence-electron chi connectivity index (χ1n) is 12.6. The van der Waals surface area contributed by atoms with Gasteiger partial charge in [-0.05, 0) is 48.4 Å². The molecule has 3 aromatic carbocycles. The van der Waals surface area contributed by atoms with Gasteiger partial charge in [0.25, 0.3) is 10.0 Å². The van der Waals surface area contributed by atoms with Crippen molar-refractivity contribution in [1.82, 2.24) is 20.2 Å². The largest absolute Gasteiger partial charge is 0.368 e. The van der Waals surface area contributed by atoms with Gasteiger partial charge in [-0.1, -0.05) is 53.5 Å². The number of para-hydroxylation sites is 1. The van der Waals surface area contributed by atoms with Gasteiger partial charge in [-0.2, -0.15) is 15.1 Å². The van der Waals surface area contributed by atoms with Gasteiger partial charge in [0.15, 0.2) is 5.65 Å². The quantitative estimate of drug-likeness (QED) is 0.173. The van der Waals surface area contributed by atoms with E-state index in [1.165, 1.54) is 16.4 Å². The SMILES string of the molecule is Nc1nc(NC2Cc3ccccc3N(S(=O)(=O)c3cccc(NC(=O)Nc4cccc(Cl)c4Cl)c3)C2)c2cn[nH]c2n1. The Morgan fingerprint density at radius 1 is 1.02 bits per heavy atom. The second-order valence-electron chi connectivity index (χ2n) is 9.48. The van der Waals surface area contributed by atoms with E-state index in [1.807, 2.05) is 12.1 Å². The summed E-state index contributed by atoms with van der Waals surface area (Å²) >= 11 is 12.2. The van der Waals surface area contributed by atoms with Gasteiger partial charge < -0.3 is 21.7 Å². The Hall–Kier alpha value is -4.59. The number of sulfonamides is 1. The zero-order valence-corrected chi connectivity index (χ0v) is 24.0. The van der Waals surface area contributed by atoms with E-state index in [1.54, 1.807) is 48.7 Å². The van der Waals surface area contributed by atoms with Crippen LogP contribution >= 0.6 is 23.2 Å². The maximum atomic E-state index is 14.1. The van der Waals surface area contributed by atoms with E-state index < -0.39 is 16.1 Å². The topological polar surface area (TPSA) is 171 Å². The number of aromatic amines is 1. The molecule has 0 bridgehead atoms. The molecule has 1 aliphatic rings. The molecule has 15 heteroatoms. The standard InChI is InChI=1S/C27H23Cl2N9O3S/c28-20-8-4-9-21(23(20)29)34-27(39)33-16-6-3-7-18(12-16)42(40,41)38-14-17(11-15-5-1-2-10-22(15)38)32-24-19-13-31-37-25(19)36-26(30)35-24/h1-10,12-13,17H,11,14H2,(H2,33,34,39)(H4,30,31,32,35,36,37). The minimum absolute atomic E-state index is 0.0000431. The lowest BCUT2D eigenvalue weighted by atomic mass is 9.99. The molecule has 1 aliphatic heterocycles. The number of amides is 2. The molecular weight excluding hydrogens is 601 g/mol. The predicted molar refractivity (Wildman–Crippen MR) is 164 cm³/mol. The van der Waals surface area contributed by atoms with Crippen LogP contribution in [0.15, 0.2) is 77.8 Å². The molecule has 1 atom stereocenters. The third kappa shape index (κ3) is 5.36. The van der Waals surface area contributed by atoms with Crippen molar-refractivity contribution in [1.29, 1.82) is 0 Å². The number of nitrogens with one attached hydrogen (secondary N) is 4. The maximum absolute atomic E-state index is 14.1. The van der Waals surface area contributed by atoms with Gasteiger partial charge in [0, 0.05) is 5.69 Å². The highest BCUT2D eigenvalue weighted by molar-refractivity contribution is 7.92. The molecule has 1 unspecified atom stereocenters. The number of benzene rings is 3. The Labute approximate surface area is 250 Å². The third-order valence-corrected chi connectivity index (χ3v) is 9.26. The Bertz CT molecular complexity index is 1930. The summed E-state index contributed by atoms with van der Waals surface area (Å²) in [6.07, 6.45) is 2.12. The number of rotatable bonds is 6. The molecule has 2 aromatic heterocycles. The average Bonchev–Trinajstić information content (AvgIpc) is 3.44. The highest BCUT2D eigenvalue weighted by atomic mass is 35.5. The lowest BCUT2D eigenvalue weighted by molar-refractivity contribution is 0.262. The van der Waals surface area contributed by atoms with Crippen molar-refractivity contribution >= 4 is 79.1 Å². The van der Waals surface area contributed by atoms with Crippen LogP contribution in [-0.2, 0) is 16.4 Å². The van der Waals surface area contributed by atoms with Gasteiger partial charge in [0.05, 0.1) is 50.5 Å². The van der Waals surface area contributed by atoms with E-state index in [2.05, 4.69) is 36.1 Å². The van der Waals surface area contributed by atoms with Crippen LogP contribution in [0.2, 0.25) is 10.0 Å². The summed E-state index contributed by atoms with van der Waals surface area (Å²) in [7, 11) is -4.06. The minimum atomic E-state index is -4.06. The number of hydrogen-bond donors (Lipinski definition) is 5. The number of anilines is 5. The number of hydrogen-bond acceptors (Lipinski definition) is 8. The van der Waals surface area contributed by atoms with Crippen LogP contribution in [0.5, 0.6) is 0 Å². The van der Waals surface area contributed by atoms with Gasteiger partial charge in [0.1, 0.15) is 5.82 Å². The first-order chi connectivity index (χ1) is 20.2. The van der Waals surface area contributed by atoms with E-state index in [0.29, 0.717) is 34.6 Å². The number of nitrogens with zero attached hydrogens (tertiary/aromatic N) is 4. The Morgan fingerprint density at radius 3 is 2.69 bits per heavy atom. The molecule has 0 saturated heterocycles. The second kappa shape index (κ2) is 11.0. The molecule has 5 aromatic rings. The summed E-state index contributed by atoms with van der Waals surface area (Å²) in [5, 5.41) is 16.5. The molecule has 0 radical (unpaired) electrons. The average molecular weight is 625 g/mol. The van der Waals surface area contributed by atoms with Crippen molar-refractivity contribution in [3.05, 3.63) is 88.5 Å². The second-order valence-corrected chi connectivity index (χ2v) is 12.1. The number of carbonyl (C=O) groups is 1. The summed E-state index contributed by atoms with van der Waals surface area (Å²) in [6.45, 7) is 0.105. The van der Waals surface area contributed by atoms with E-state index >= 15 is 0 Å². The zero-order chi connectivity index (χ0) is 29.4. The lowest BCUT2D eigenvalue weighted by Crippen LogP contribution is -2.45. The van der Waals surface area contributed by atoms with Crippen LogP contribution < -0.4 is 26.0 Å². The summed E-state index contributed by atoms with van der Waals surface area (Å²) in [6, 6.07) is 17.2. The first kappa shape index (κ1) is 27.6. The minimum Gasteiger partial charge on any atom is -0.368 e. The fraction of sp³-hybridized carbons (Fsp3) is 0.111. The van der Waals surface area contributed by atoms with Crippen molar-refractivity contribution in [2.75, 3.05) is 32.5 Å². The van der Waals surface area contributed by atoms with Crippen LogP contribution in [-0.4, -0.2) is 47.2 Å². The number of H-pyrrole nitrogens is 1. The Morgan fingerprint density at radius 2 is 1.83 bits per heavy atom. The van der Waals surface area contributed by atoms with Crippen LogP contribution in [0, 0.1) is 0 Å². The number of fused-ring (bicyclic) bond motifs is 2. The van der Waals surface area contributed by atoms with Gasteiger partial charge in [-0.15, -0.1) is 0 Å². The maximum Gasteiger partial charge on any atom is 0.323 e. The zero-order valence-electron chi connectivity index (χ0n) is 21.7. The van der Waals surface area contributed by atoms with Crippen molar-refractivity contribution < 1.29 is 13.2 Å². The third-order valence-electron chi connectivity index (χ3n) is 6.66. The fourth-order valence-electron chi connectivity index (χ4n) is 4.78. The van der Waals surface area contributed by atoms with E-state index in [4.69, 9.17) is 28.9 Å². The number of aromatic nitrogens is 4. The van der Waals surface area contributed by atoms with E-state index in [0.717, 1.165) is 5.56 Å². The highest BCUT2D eigenvalue weighted by Crippen LogP contribution is 2.34. The molecule has 6 N–H and O–H groups in total. The molecule has 0 fully saturated rings. The first-order valence-corrected chi connectivity index (χ1v) is 14.8. The van der Waals surface area contributed by atoms with Gasteiger partial charge >= 0.3 is 6.03 Å². The number of nitrogen functional groups attached to an aromatic ring is 1. The Kier molecular flexibility index (Phi) is 7.22. The lowest BCUT2D eigenvalue weighted by Gasteiger charge is -2.36. The summed E-state index contributed by atoms with van der Waals surface area (Å²) in [5.74, 6) is 0.505. The van der Waals surface area contributed by atoms with Crippen LogP contribution in [0.4, 0.5) is 33.6 Å². The number of carbonyl (C=O) groups excluding carboxylic acids is 1. The molecule has 6 rings (SSSR count). The summed E-state index contributed by atoms with van der Waals surface area (Å²) in [4.78, 5) is 21.1. The van der Waals surface area contributed by atoms with Crippen molar-refractivity contribution in [2.24, 2.45) is 0 Å². The van der Waals surface area contributed by atoms with Crippen molar-refractivity contribution in [3.63, 3.8) is 0 Å². The molecular formula is C27H23Cl2N9O3S. The fourth-order valence-corrected chi connectivity index (χ4v) is 6.72. The molecule has 0 saturated carbocycles.